The summed E-state index contributed by atoms with van der Waals surface area (Å²) in [6, 6.07) is 0. The van der Waals surface area contributed by atoms with Crippen LogP contribution in [0.1, 0.15) is 44.9 Å². The van der Waals surface area contributed by atoms with E-state index in [1.165, 1.54) is 26.4 Å². The lowest BCUT2D eigenvalue weighted by Crippen LogP contribution is -2.52. The molecule has 1 N–H and O–H groups in total. The summed E-state index contributed by atoms with van der Waals surface area (Å²) in [6.07, 6.45) is 7.64. The largest absolute Gasteiger partial charge is 0.467 e. The Morgan fingerprint density at radius 3 is 2.41 bits per heavy atom. The number of rotatable bonds is 3. The van der Waals surface area contributed by atoms with Gasteiger partial charge in [-0.3, -0.25) is 0 Å². The summed E-state index contributed by atoms with van der Waals surface area (Å²) < 4.78 is 11.1. The van der Waals surface area contributed by atoms with Crippen LogP contribution in [0.5, 0.6) is 0 Å². The number of methoxy groups -OCH3 is 1. The Bertz CT molecular complexity index is 255. The standard InChI is InChI=1S/C13H23NO3/c1-16-12(15)13(7-9-14-10-8-13)17-11-5-3-2-4-6-11/h11,14H,2-10H2,1H3. The third-order valence-corrected chi connectivity index (χ3v) is 3.91. The molecule has 0 aromatic carbocycles. The normalized spacial score (nSPS) is 25.5. The van der Waals surface area contributed by atoms with Crippen LogP contribution in [0, 0.1) is 0 Å². The van der Waals surface area contributed by atoms with Gasteiger partial charge in [0.1, 0.15) is 0 Å². The molecule has 2 aliphatic rings. The van der Waals surface area contributed by atoms with Gasteiger partial charge in [-0.1, -0.05) is 19.3 Å². The lowest BCUT2D eigenvalue weighted by Gasteiger charge is -2.38. The van der Waals surface area contributed by atoms with Crippen LogP contribution in [0.15, 0.2) is 0 Å². The molecule has 98 valence electrons. The fourth-order valence-corrected chi connectivity index (χ4v) is 2.89. The molecule has 0 spiro atoms. The molecule has 2 rings (SSSR count). The summed E-state index contributed by atoms with van der Waals surface area (Å²) in [6.45, 7) is 1.67. The van der Waals surface area contributed by atoms with Crippen molar-refractivity contribution in [1.82, 2.24) is 5.32 Å². The summed E-state index contributed by atoms with van der Waals surface area (Å²) in [5.41, 5.74) is -0.679. The maximum absolute atomic E-state index is 12.0. The van der Waals surface area contributed by atoms with E-state index in [4.69, 9.17) is 9.47 Å². The molecule has 0 amide bonds. The molecule has 0 bridgehead atoms. The van der Waals surface area contributed by atoms with Gasteiger partial charge in [-0.15, -0.1) is 0 Å². The van der Waals surface area contributed by atoms with Crippen molar-refractivity contribution in [2.24, 2.45) is 0 Å². The van der Waals surface area contributed by atoms with Crippen molar-refractivity contribution >= 4 is 5.97 Å². The minimum atomic E-state index is -0.679. The first-order valence-corrected chi connectivity index (χ1v) is 6.74. The molecule has 2 fully saturated rings. The zero-order chi connectivity index (χ0) is 12.1. The fourth-order valence-electron chi connectivity index (χ4n) is 2.89. The number of hydrogen-bond acceptors (Lipinski definition) is 4. The minimum absolute atomic E-state index is 0.190. The Kier molecular flexibility index (Phi) is 4.40. The van der Waals surface area contributed by atoms with Gasteiger partial charge in [0.15, 0.2) is 5.60 Å². The molecule has 1 saturated heterocycles. The van der Waals surface area contributed by atoms with Crippen LogP contribution in [0.3, 0.4) is 0 Å². The zero-order valence-electron chi connectivity index (χ0n) is 10.7. The van der Waals surface area contributed by atoms with E-state index in [1.54, 1.807) is 0 Å². The van der Waals surface area contributed by atoms with Crippen molar-refractivity contribution in [2.75, 3.05) is 20.2 Å². The highest BCUT2D eigenvalue weighted by molar-refractivity contribution is 5.79. The summed E-state index contributed by atoms with van der Waals surface area (Å²) in [5, 5.41) is 3.27. The van der Waals surface area contributed by atoms with Crippen LogP contribution in [-0.2, 0) is 14.3 Å². The first-order valence-electron chi connectivity index (χ1n) is 6.74. The second-order valence-electron chi connectivity index (χ2n) is 5.11. The van der Waals surface area contributed by atoms with Crippen LogP contribution in [0.2, 0.25) is 0 Å². The molecule has 1 aliphatic heterocycles. The lowest BCUT2D eigenvalue weighted by molar-refractivity contribution is -0.184. The quantitative estimate of drug-likeness (QED) is 0.763. The molecule has 0 aromatic heterocycles. The third kappa shape index (κ3) is 2.99. The SMILES string of the molecule is COC(=O)C1(OC2CCCCC2)CCNCC1. The second kappa shape index (κ2) is 5.83. The van der Waals surface area contributed by atoms with E-state index in [1.807, 2.05) is 0 Å². The Hall–Kier alpha value is -0.610. The molecule has 4 heteroatoms. The van der Waals surface area contributed by atoms with Crippen molar-refractivity contribution in [3.05, 3.63) is 0 Å². The zero-order valence-corrected chi connectivity index (χ0v) is 10.7. The molecule has 0 radical (unpaired) electrons. The fraction of sp³-hybridized carbons (Fsp3) is 0.923. The highest BCUT2D eigenvalue weighted by Crippen LogP contribution is 2.31. The highest BCUT2D eigenvalue weighted by Gasteiger charge is 2.43. The predicted molar refractivity (Wildman–Crippen MR) is 64.8 cm³/mol. The molecular weight excluding hydrogens is 218 g/mol. The van der Waals surface area contributed by atoms with Gasteiger partial charge >= 0.3 is 5.97 Å². The average molecular weight is 241 g/mol. The first kappa shape index (κ1) is 12.8. The summed E-state index contributed by atoms with van der Waals surface area (Å²) >= 11 is 0. The van der Waals surface area contributed by atoms with Crippen molar-refractivity contribution < 1.29 is 14.3 Å². The molecule has 0 unspecified atom stereocenters. The van der Waals surface area contributed by atoms with Crippen LogP contribution < -0.4 is 5.32 Å². The summed E-state index contributed by atoms with van der Waals surface area (Å²) in [4.78, 5) is 12.0. The van der Waals surface area contributed by atoms with Gasteiger partial charge < -0.3 is 14.8 Å². The first-order chi connectivity index (χ1) is 8.27. The molecule has 0 aromatic rings. The van der Waals surface area contributed by atoms with Gasteiger partial charge in [0.2, 0.25) is 0 Å². The van der Waals surface area contributed by atoms with E-state index < -0.39 is 5.60 Å². The van der Waals surface area contributed by atoms with Gasteiger partial charge in [-0.25, -0.2) is 4.79 Å². The van der Waals surface area contributed by atoms with E-state index in [0.717, 1.165) is 38.8 Å². The van der Waals surface area contributed by atoms with E-state index in [9.17, 15) is 4.79 Å². The van der Waals surface area contributed by atoms with Gasteiger partial charge in [0.25, 0.3) is 0 Å². The monoisotopic (exact) mass is 241 g/mol. The maximum atomic E-state index is 12.0. The lowest BCUT2D eigenvalue weighted by atomic mass is 9.90. The van der Waals surface area contributed by atoms with Crippen LogP contribution in [-0.4, -0.2) is 37.9 Å². The van der Waals surface area contributed by atoms with Gasteiger partial charge in [-0.2, -0.15) is 0 Å². The Morgan fingerprint density at radius 1 is 1.18 bits per heavy atom. The molecule has 17 heavy (non-hydrogen) atoms. The third-order valence-electron chi connectivity index (χ3n) is 3.91. The molecule has 0 atom stereocenters. The van der Waals surface area contributed by atoms with Gasteiger partial charge in [0.05, 0.1) is 13.2 Å². The Labute approximate surface area is 103 Å². The Morgan fingerprint density at radius 2 is 1.82 bits per heavy atom. The Balaban J connectivity index is 2.01. The molecule has 4 nitrogen and oxygen atoms in total. The number of ether oxygens (including phenoxy) is 2. The van der Waals surface area contributed by atoms with Crippen LogP contribution in [0.25, 0.3) is 0 Å². The summed E-state index contributed by atoms with van der Waals surface area (Å²) in [5.74, 6) is -0.190. The average Bonchev–Trinajstić information content (AvgIpc) is 2.40. The van der Waals surface area contributed by atoms with E-state index >= 15 is 0 Å². The van der Waals surface area contributed by atoms with Crippen molar-refractivity contribution in [2.45, 2.75) is 56.7 Å². The van der Waals surface area contributed by atoms with E-state index in [0.29, 0.717) is 0 Å². The predicted octanol–water partition coefficient (Wildman–Crippen LogP) is 1.63. The number of hydrogen-bond donors (Lipinski definition) is 1. The van der Waals surface area contributed by atoms with Crippen molar-refractivity contribution in [1.29, 1.82) is 0 Å². The van der Waals surface area contributed by atoms with Crippen molar-refractivity contribution in [3.63, 3.8) is 0 Å². The maximum Gasteiger partial charge on any atom is 0.338 e. The van der Waals surface area contributed by atoms with Gasteiger partial charge in [0, 0.05) is 0 Å². The molecule has 1 aliphatic carbocycles. The van der Waals surface area contributed by atoms with Crippen LogP contribution >= 0.6 is 0 Å². The number of nitrogens with one attached hydrogen (secondary N) is 1. The number of carbonyl (C=O) groups excluding carboxylic acids is 1. The number of esters is 1. The topological polar surface area (TPSA) is 47.6 Å². The number of piperidine rings is 1. The molecule has 1 heterocycles. The van der Waals surface area contributed by atoms with Crippen molar-refractivity contribution in [3.8, 4) is 0 Å². The smallest absolute Gasteiger partial charge is 0.338 e. The minimum Gasteiger partial charge on any atom is -0.467 e. The second-order valence-corrected chi connectivity index (χ2v) is 5.11. The van der Waals surface area contributed by atoms with E-state index in [-0.39, 0.29) is 12.1 Å². The molecule has 1 saturated carbocycles. The highest BCUT2D eigenvalue weighted by atomic mass is 16.6. The van der Waals surface area contributed by atoms with Crippen LogP contribution in [0.4, 0.5) is 0 Å². The number of carbonyl (C=O) groups is 1. The summed E-state index contributed by atoms with van der Waals surface area (Å²) in [7, 11) is 1.45. The van der Waals surface area contributed by atoms with Gasteiger partial charge in [-0.05, 0) is 38.8 Å². The molecular formula is C13H23NO3. The van der Waals surface area contributed by atoms with E-state index in [2.05, 4.69) is 5.32 Å².